The predicted octanol–water partition coefficient (Wildman–Crippen LogP) is 5.99. The third-order valence-corrected chi connectivity index (χ3v) is 6.75. The number of urea groups is 1. The van der Waals surface area contributed by atoms with Crippen molar-refractivity contribution in [2.75, 3.05) is 28.4 Å². The molecule has 0 aliphatic carbocycles. The van der Waals surface area contributed by atoms with E-state index < -0.39 is 0 Å². The van der Waals surface area contributed by atoms with Crippen LogP contribution in [0.4, 0.5) is 21.9 Å². The van der Waals surface area contributed by atoms with Crippen molar-refractivity contribution in [2.24, 2.45) is 0 Å². The molecular weight excluding hydrogens is 434 g/mol. The van der Waals surface area contributed by atoms with Gasteiger partial charge in [0.2, 0.25) is 5.91 Å². The number of hydrogen-bond acceptors (Lipinski definition) is 4. The fourth-order valence-electron chi connectivity index (χ4n) is 3.92. The Labute approximate surface area is 198 Å². The summed E-state index contributed by atoms with van der Waals surface area (Å²) in [4.78, 5) is 27.3. The van der Waals surface area contributed by atoms with Crippen LogP contribution in [0.15, 0.2) is 66.7 Å². The molecule has 1 heterocycles. The molecule has 0 bridgehead atoms. The Bertz CT molecular complexity index is 1180. The Morgan fingerprint density at radius 1 is 1.09 bits per heavy atom. The first-order valence-electron chi connectivity index (χ1n) is 10.8. The minimum atomic E-state index is -0.305. The number of anilines is 3. The molecule has 4 rings (SSSR count). The number of methoxy groups -OCH3 is 1. The maximum Gasteiger partial charge on any atom is 0.323 e. The van der Waals surface area contributed by atoms with Crippen molar-refractivity contribution in [1.29, 1.82) is 0 Å². The number of ether oxygens (including phenoxy) is 1. The molecular formula is C26H27N3O3S. The second kappa shape index (κ2) is 10.0. The molecule has 1 aliphatic heterocycles. The van der Waals surface area contributed by atoms with Gasteiger partial charge in [-0.05, 0) is 60.4 Å². The Kier molecular flexibility index (Phi) is 6.89. The molecule has 6 nitrogen and oxygen atoms in total. The maximum atomic E-state index is 12.8. The summed E-state index contributed by atoms with van der Waals surface area (Å²) in [5.74, 6) is 1.07. The number of thioether (sulfide) groups is 1. The predicted molar refractivity (Wildman–Crippen MR) is 135 cm³/mol. The van der Waals surface area contributed by atoms with Gasteiger partial charge in [-0.2, -0.15) is 0 Å². The van der Waals surface area contributed by atoms with Crippen LogP contribution < -0.4 is 20.3 Å². The van der Waals surface area contributed by atoms with E-state index in [9.17, 15) is 9.59 Å². The van der Waals surface area contributed by atoms with Gasteiger partial charge in [0.15, 0.2) is 0 Å². The standard InChI is InChI=1S/C26H27N3O3S/c1-4-18-8-5-6-11-21(18)28-26(31)27-20-10-7-9-19(15-20)25-29(24(30)16-33-25)22-14-17(2)12-13-23(22)32-3/h5-15,25H,4,16H2,1-3H3,(H2,27,28,31)/t25-/m1/s1. The van der Waals surface area contributed by atoms with Crippen LogP contribution in [-0.2, 0) is 11.2 Å². The van der Waals surface area contributed by atoms with Gasteiger partial charge in [-0.25, -0.2) is 4.79 Å². The van der Waals surface area contributed by atoms with Crippen LogP contribution in [-0.4, -0.2) is 24.8 Å². The summed E-state index contributed by atoms with van der Waals surface area (Å²) in [6.45, 7) is 4.04. The van der Waals surface area contributed by atoms with E-state index in [1.165, 1.54) is 0 Å². The molecule has 2 N–H and O–H groups in total. The second-order valence-corrected chi connectivity index (χ2v) is 8.89. The molecule has 7 heteroatoms. The molecule has 3 amide bonds. The number of carbonyl (C=O) groups excluding carboxylic acids is 2. The zero-order chi connectivity index (χ0) is 23.4. The van der Waals surface area contributed by atoms with Crippen molar-refractivity contribution < 1.29 is 14.3 Å². The number of hydrogen-bond donors (Lipinski definition) is 2. The van der Waals surface area contributed by atoms with Gasteiger partial charge < -0.3 is 15.4 Å². The van der Waals surface area contributed by atoms with Gasteiger partial charge >= 0.3 is 6.03 Å². The Morgan fingerprint density at radius 2 is 1.91 bits per heavy atom. The van der Waals surface area contributed by atoms with Crippen molar-refractivity contribution in [2.45, 2.75) is 25.6 Å². The summed E-state index contributed by atoms with van der Waals surface area (Å²) in [5, 5.41) is 5.63. The summed E-state index contributed by atoms with van der Waals surface area (Å²) in [5.41, 5.74) is 5.27. The summed E-state index contributed by atoms with van der Waals surface area (Å²) >= 11 is 1.56. The number of benzene rings is 3. The van der Waals surface area contributed by atoms with Crippen LogP contribution in [0.5, 0.6) is 5.75 Å². The van der Waals surface area contributed by atoms with Gasteiger partial charge in [0.05, 0.1) is 18.6 Å². The molecule has 0 saturated carbocycles. The number of nitrogens with zero attached hydrogens (tertiary/aromatic N) is 1. The van der Waals surface area contributed by atoms with Gasteiger partial charge in [0, 0.05) is 11.4 Å². The van der Waals surface area contributed by atoms with Crippen LogP contribution in [0.3, 0.4) is 0 Å². The first-order chi connectivity index (χ1) is 16.0. The van der Waals surface area contributed by atoms with Crippen LogP contribution in [0.25, 0.3) is 0 Å². The van der Waals surface area contributed by atoms with Crippen LogP contribution in [0, 0.1) is 6.92 Å². The molecule has 0 spiro atoms. The molecule has 3 aromatic carbocycles. The van der Waals surface area contributed by atoms with Crippen molar-refractivity contribution >= 4 is 40.8 Å². The highest BCUT2D eigenvalue weighted by molar-refractivity contribution is 8.00. The highest BCUT2D eigenvalue weighted by Crippen LogP contribution is 2.45. The van der Waals surface area contributed by atoms with E-state index in [-0.39, 0.29) is 17.3 Å². The van der Waals surface area contributed by atoms with Crippen LogP contribution in [0.1, 0.15) is 29.0 Å². The topological polar surface area (TPSA) is 70.7 Å². The highest BCUT2D eigenvalue weighted by Gasteiger charge is 2.35. The van der Waals surface area contributed by atoms with Crippen molar-refractivity contribution in [3.8, 4) is 5.75 Å². The van der Waals surface area contributed by atoms with Gasteiger partial charge in [0.25, 0.3) is 0 Å². The maximum absolute atomic E-state index is 12.8. The number of nitrogens with one attached hydrogen (secondary N) is 2. The van der Waals surface area contributed by atoms with Crippen LogP contribution >= 0.6 is 11.8 Å². The van der Waals surface area contributed by atoms with Gasteiger partial charge in [0.1, 0.15) is 11.1 Å². The number of amides is 3. The first kappa shape index (κ1) is 22.7. The zero-order valence-corrected chi connectivity index (χ0v) is 19.7. The molecule has 1 fully saturated rings. The summed E-state index contributed by atoms with van der Waals surface area (Å²) < 4.78 is 5.53. The lowest BCUT2D eigenvalue weighted by Gasteiger charge is -2.26. The van der Waals surface area contributed by atoms with E-state index in [1.807, 2.05) is 73.7 Å². The Morgan fingerprint density at radius 3 is 2.70 bits per heavy atom. The Hall–Kier alpha value is -3.45. The molecule has 1 atom stereocenters. The van der Waals surface area contributed by atoms with Crippen LogP contribution in [0.2, 0.25) is 0 Å². The average molecular weight is 462 g/mol. The minimum absolute atomic E-state index is 0.0289. The lowest BCUT2D eigenvalue weighted by atomic mass is 10.1. The lowest BCUT2D eigenvalue weighted by Crippen LogP contribution is -2.28. The third kappa shape index (κ3) is 4.98. The minimum Gasteiger partial charge on any atom is -0.495 e. The fourth-order valence-corrected chi connectivity index (χ4v) is 5.08. The normalized spacial score (nSPS) is 15.4. The third-order valence-electron chi connectivity index (χ3n) is 5.54. The first-order valence-corrected chi connectivity index (χ1v) is 11.9. The summed E-state index contributed by atoms with van der Waals surface area (Å²) in [6, 6.07) is 20.9. The lowest BCUT2D eigenvalue weighted by molar-refractivity contribution is -0.115. The monoisotopic (exact) mass is 461 g/mol. The highest BCUT2D eigenvalue weighted by atomic mass is 32.2. The van der Waals surface area contributed by atoms with E-state index in [4.69, 9.17) is 4.74 Å². The second-order valence-electron chi connectivity index (χ2n) is 7.82. The van der Waals surface area contributed by atoms with Crippen molar-refractivity contribution in [1.82, 2.24) is 0 Å². The SMILES string of the molecule is CCc1ccccc1NC(=O)Nc1cccc([C@H]2SCC(=O)N2c2cc(C)ccc2OC)c1. The zero-order valence-electron chi connectivity index (χ0n) is 18.9. The van der Waals surface area contributed by atoms with E-state index >= 15 is 0 Å². The summed E-state index contributed by atoms with van der Waals surface area (Å²) in [7, 11) is 1.61. The van der Waals surface area contributed by atoms with Gasteiger partial charge in [-0.15, -0.1) is 11.8 Å². The van der Waals surface area contributed by atoms with Crippen molar-refractivity contribution in [3.05, 3.63) is 83.4 Å². The molecule has 0 unspecified atom stereocenters. The van der Waals surface area contributed by atoms with E-state index in [0.29, 0.717) is 17.2 Å². The quantitative estimate of drug-likeness (QED) is 0.473. The molecule has 1 aliphatic rings. The van der Waals surface area contributed by atoms with Crippen molar-refractivity contribution in [3.63, 3.8) is 0 Å². The molecule has 3 aromatic rings. The van der Waals surface area contributed by atoms with E-state index in [1.54, 1.807) is 23.8 Å². The Balaban J connectivity index is 1.56. The molecule has 0 aromatic heterocycles. The van der Waals surface area contributed by atoms with E-state index in [0.717, 1.165) is 34.5 Å². The fraction of sp³-hybridized carbons (Fsp3) is 0.231. The number of carbonyl (C=O) groups is 2. The number of para-hydroxylation sites is 1. The van der Waals surface area contributed by atoms with Gasteiger partial charge in [-0.3, -0.25) is 9.69 Å². The van der Waals surface area contributed by atoms with E-state index in [2.05, 4.69) is 17.6 Å². The number of rotatable bonds is 6. The smallest absolute Gasteiger partial charge is 0.323 e. The summed E-state index contributed by atoms with van der Waals surface area (Å²) in [6.07, 6.45) is 0.830. The average Bonchev–Trinajstić information content (AvgIpc) is 3.20. The molecule has 170 valence electrons. The van der Waals surface area contributed by atoms with Gasteiger partial charge in [-0.1, -0.05) is 43.3 Å². The molecule has 33 heavy (non-hydrogen) atoms. The number of aryl methyl sites for hydroxylation is 2. The molecule has 1 saturated heterocycles. The largest absolute Gasteiger partial charge is 0.495 e. The molecule has 0 radical (unpaired) electrons.